The molecule has 248 valence electrons. The molecule has 0 atom stereocenters. The van der Waals surface area contributed by atoms with Gasteiger partial charge in [0.25, 0.3) is 0 Å². The molecule has 0 amide bonds. The summed E-state index contributed by atoms with van der Waals surface area (Å²) in [6.45, 7) is 5.40. The highest BCUT2D eigenvalue weighted by atomic mass is 32.2. The van der Waals surface area contributed by atoms with E-state index in [1.165, 1.54) is 26.4 Å². The predicted molar refractivity (Wildman–Crippen MR) is 175 cm³/mol. The Morgan fingerprint density at radius 1 is 1.00 bits per heavy atom. The van der Waals surface area contributed by atoms with Crippen LogP contribution in [0.3, 0.4) is 0 Å². The molecule has 0 radical (unpaired) electrons. The molecule has 3 aromatic rings. The Morgan fingerprint density at radius 2 is 1.74 bits per heavy atom. The number of hydrogen-bond acceptors (Lipinski definition) is 14. The number of benzene rings is 2. The molecular weight excluding hydrogens is 614 g/mol. The molecule has 15 heteroatoms. The Balaban J connectivity index is 2.04. The molecule has 3 rings (SSSR count). The molecule has 0 unspecified atom stereocenters. The van der Waals surface area contributed by atoms with Crippen molar-refractivity contribution < 1.29 is 32.8 Å². The molecule has 0 spiro atoms. The molecule has 1 heterocycles. The van der Waals surface area contributed by atoms with Crippen molar-refractivity contribution in [3.8, 4) is 17.6 Å². The third kappa shape index (κ3) is 9.59. The summed E-state index contributed by atoms with van der Waals surface area (Å²) in [5.74, 6) is 0.655. The summed E-state index contributed by atoms with van der Waals surface area (Å²) >= 11 is 0. The number of nitrogens with zero attached hydrogens (tertiary/aromatic N) is 5. The fourth-order valence-corrected chi connectivity index (χ4v) is 5.89. The maximum Gasteiger partial charge on any atom is 0.183 e. The third-order valence-corrected chi connectivity index (χ3v) is 8.64. The standard InChI is InChI=1S/C31H41N7O7S/c1-5-38(12-14-39)13-18-46(41,42)28-20-26(43-3)25(19-27(28)44-4)36-37-29-22(2)24(21-32)30(34-23-9-7-6-8-10-23)35-31(29)33-11-16-45-17-15-40/h6-10,19-20,39-40H,5,11-18H2,1-4H3,(H2,33,34,35). The molecule has 1 aromatic heterocycles. The van der Waals surface area contributed by atoms with Gasteiger partial charge in [-0.2, -0.15) is 5.26 Å². The number of rotatable bonds is 19. The number of methoxy groups -OCH3 is 2. The zero-order valence-corrected chi connectivity index (χ0v) is 27.3. The first kappa shape index (κ1) is 36.1. The van der Waals surface area contributed by atoms with Gasteiger partial charge < -0.3 is 40.0 Å². The van der Waals surface area contributed by atoms with Gasteiger partial charge in [0.1, 0.15) is 33.8 Å². The third-order valence-electron chi connectivity index (χ3n) is 6.94. The van der Waals surface area contributed by atoms with Gasteiger partial charge in [-0.15, -0.1) is 10.2 Å². The summed E-state index contributed by atoms with van der Waals surface area (Å²) in [7, 11) is -1.05. The quantitative estimate of drug-likeness (QED) is 0.108. The van der Waals surface area contributed by atoms with Crippen LogP contribution in [0, 0.1) is 18.3 Å². The first-order chi connectivity index (χ1) is 22.2. The minimum absolute atomic E-state index is 0.0583. The number of pyridine rings is 1. The second-order valence-electron chi connectivity index (χ2n) is 9.87. The van der Waals surface area contributed by atoms with Crippen LogP contribution < -0.4 is 20.1 Å². The number of nitriles is 1. The van der Waals surface area contributed by atoms with Gasteiger partial charge in [0.05, 0.1) is 52.0 Å². The van der Waals surface area contributed by atoms with E-state index in [4.69, 9.17) is 19.3 Å². The van der Waals surface area contributed by atoms with E-state index in [0.717, 1.165) is 5.69 Å². The lowest BCUT2D eigenvalue weighted by atomic mass is 10.1. The van der Waals surface area contributed by atoms with Gasteiger partial charge in [-0.1, -0.05) is 25.1 Å². The van der Waals surface area contributed by atoms with Crippen LogP contribution in [-0.4, -0.2) is 101 Å². The zero-order valence-electron chi connectivity index (χ0n) is 26.5. The Kier molecular flexibility index (Phi) is 14.1. The van der Waals surface area contributed by atoms with Gasteiger partial charge in [0.2, 0.25) is 0 Å². The average molecular weight is 656 g/mol. The van der Waals surface area contributed by atoms with Crippen LogP contribution in [-0.2, 0) is 14.6 Å². The largest absolute Gasteiger partial charge is 0.495 e. The van der Waals surface area contributed by atoms with Crippen molar-refractivity contribution in [3.63, 3.8) is 0 Å². The molecule has 0 aliphatic carbocycles. The topological polar surface area (TPSA) is 191 Å². The number of aliphatic hydroxyl groups is 2. The minimum atomic E-state index is -3.80. The van der Waals surface area contributed by atoms with Gasteiger partial charge in [-0.05, 0) is 25.6 Å². The predicted octanol–water partition coefficient (Wildman–Crippen LogP) is 3.95. The van der Waals surface area contributed by atoms with E-state index in [1.54, 1.807) is 6.92 Å². The van der Waals surface area contributed by atoms with Crippen molar-refractivity contribution in [2.45, 2.75) is 18.7 Å². The van der Waals surface area contributed by atoms with Crippen LogP contribution in [0.5, 0.6) is 11.5 Å². The molecule has 4 N–H and O–H groups in total. The first-order valence-corrected chi connectivity index (χ1v) is 16.3. The maximum absolute atomic E-state index is 13.3. The van der Waals surface area contributed by atoms with Crippen molar-refractivity contribution in [2.24, 2.45) is 10.2 Å². The van der Waals surface area contributed by atoms with E-state index < -0.39 is 9.84 Å². The summed E-state index contributed by atoms with van der Waals surface area (Å²) in [6.07, 6.45) is 0. The number of nitrogens with one attached hydrogen (secondary N) is 2. The lowest BCUT2D eigenvalue weighted by Gasteiger charge is -2.19. The van der Waals surface area contributed by atoms with Crippen LogP contribution in [0.1, 0.15) is 18.1 Å². The number of para-hydroxylation sites is 1. The molecule has 46 heavy (non-hydrogen) atoms. The van der Waals surface area contributed by atoms with Gasteiger partial charge in [-0.25, -0.2) is 13.4 Å². The van der Waals surface area contributed by atoms with Crippen LogP contribution in [0.15, 0.2) is 57.6 Å². The second-order valence-corrected chi connectivity index (χ2v) is 12.0. The molecule has 0 aliphatic rings. The average Bonchev–Trinajstić information content (AvgIpc) is 3.06. The lowest BCUT2D eigenvalue weighted by molar-refractivity contribution is 0.0992. The van der Waals surface area contributed by atoms with E-state index in [0.29, 0.717) is 36.8 Å². The van der Waals surface area contributed by atoms with Gasteiger partial charge >= 0.3 is 0 Å². The van der Waals surface area contributed by atoms with Gasteiger partial charge in [-0.3, -0.25) is 0 Å². The normalized spacial score (nSPS) is 11.5. The van der Waals surface area contributed by atoms with Crippen molar-refractivity contribution in [3.05, 3.63) is 53.6 Å². The lowest BCUT2D eigenvalue weighted by Crippen LogP contribution is -2.31. The first-order valence-electron chi connectivity index (χ1n) is 14.7. The second kappa shape index (κ2) is 18.0. The molecule has 14 nitrogen and oxygen atoms in total. The molecule has 0 fully saturated rings. The Bertz CT molecular complexity index is 1610. The number of ether oxygens (including phenoxy) is 3. The smallest absolute Gasteiger partial charge is 0.183 e. The number of likely N-dealkylation sites (N-methyl/N-ethyl adjacent to an activating group) is 1. The van der Waals surface area contributed by atoms with E-state index in [-0.39, 0.29) is 72.1 Å². The van der Waals surface area contributed by atoms with Crippen molar-refractivity contribution in [1.82, 2.24) is 9.88 Å². The minimum Gasteiger partial charge on any atom is -0.495 e. The van der Waals surface area contributed by atoms with Crippen LogP contribution in [0.25, 0.3) is 0 Å². The number of azo groups is 1. The van der Waals surface area contributed by atoms with E-state index >= 15 is 0 Å². The summed E-state index contributed by atoms with van der Waals surface area (Å²) in [6, 6.07) is 14.3. The highest BCUT2D eigenvalue weighted by Gasteiger charge is 2.24. The van der Waals surface area contributed by atoms with Crippen LogP contribution >= 0.6 is 0 Å². The Labute approximate surface area is 269 Å². The highest BCUT2D eigenvalue weighted by molar-refractivity contribution is 7.91. The van der Waals surface area contributed by atoms with E-state index in [9.17, 15) is 18.8 Å². The fourth-order valence-electron chi connectivity index (χ4n) is 4.44. The number of aromatic nitrogens is 1. The van der Waals surface area contributed by atoms with Crippen molar-refractivity contribution in [2.75, 3.05) is 83.2 Å². The fraction of sp³-hybridized carbons (Fsp3) is 0.419. The summed E-state index contributed by atoms with van der Waals surface area (Å²) in [4.78, 5) is 6.42. The van der Waals surface area contributed by atoms with Gasteiger partial charge in [0.15, 0.2) is 21.5 Å². The Hall–Kier alpha value is -4.33. The molecular formula is C31H41N7O7S. The van der Waals surface area contributed by atoms with E-state index in [2.05, 4.69) is 31.9 Å². The maximum atomic E-state index is 13.3. The molecule has 0 saturated heterocycles. The molecule has 0 aliphatic heterocycles. The van der Waals surface area contributed by atoms with Gasteiger partial charge in [0, 0.05) is 43.0 Å². The van der Waals surface area contributed by atoms with Crippen molar-refractivity contribution in [1.29, 1.82) is 5.26 Å². The zero-order chi connectivity index (χ0) is 33.5. The molecule has 2 aromatic carbocycles. The summed E-state index contributed by atoms with van der Waals surface area (Å²) < 4.78 is 43.0. The number of aliphatic hydroxyl groups excluding tert-OH is 2. The Morgan fingerprint density at radius 3 is 2.37 bits per heavy atom. The SMILES string of the molecule is CCN(CCO)CCS(=O)(=O)c1cc(OC)c(N=Nc2c(NCCOCCO)nc(Nc3ccccc3)c(C#N)c2C)cc1OC. The summed E-state index contributed by atoms with van der Waals surface area (Å²) in [5, 5.41) is 43.5. The van der Waals surface area contributed by atoms with E-state index in [1.807, 2.05) is 42.2 Å². The molecule has 0 saturated carbocycles. The monoisotopic (exact) mass is 655 g/mol. The number of sulfone groups is 1. The van der Waals surface area contributed by atoms with Crippen LogP contribution in [0.4, 0.5) is 28.7 Å². The highest BCUT2D eigenvalue weighted by Crippen LogP contribution is 2.40. The number of hydrogen-bond donors (Lipinski definition) is 4. The molecule has 0 bridgehead atoms. The summed E-state index contributed by atoms with van der Waals surface area (Å²) in [5.41, 5.74) is 1.95. The van der Waals surface area contributed by atoms with Crippen LogP contribution in [0.2, 0.25) is 0 Å². The van der Waals surface area contributed by atoms with Crippen molar-refractivity contribution >= 4 is 38.5 Å². The number of anilines is 3.